The second-order valence-corrected chi connectivity index (χ2v) is 10.2. The van der Waals surface area contributed by atoms with Gasteiger partial charge in [0.2, 0.25) is 10.9 Å². The molecular formula is C30H21N5O6S. The number of aromatic nitrogens is 3. The first-order valence-electron chi connectivity index (χ1n) is 12.9. The van der Waals surface area contributed by atoms with Gasteiger partial charge in [-0.1, -0.05) is 59.9 Å². The fourth-order valence-corrected chi connectivity index (χ4v) is 5.64. The zero-order valence-electron chi connectivity index (χ0n) is 22.1. The van der Waals surface area contributed by atoms with Crippen LogP contribution in [-0.2, 0) is 14.3 Å². The van der Waals surface area contributed by atoms with Crippen molar-refractivity contribution < 1.29 is 19.1 Å². The van der Waals surface area contributed by atoms with Crippen LogP contribution >= 0.6 is 11.3 Å². The Kier molecular flexibility index (Phi) is 6.88. The quantitative estimate of drug-likeness (QED) is 0.302. The minimum absolute atomic E-state index is 0.0197. The van der Waals surface area contributed by atoms with Crippen molar-refractivity contribution in [1.29, 1.82) is 0 Å². The summed E-state index contributed by atoms with van der Waals surface area (Å²) in [5.74, 6) is -1.50. The van der Waals surface area contributed by atoms with Gasteiger partial charge in [-0.3, -0.25) is 24.1 Å². The zero-order valence-corrected chi connectivity index (χ0v) is 22.9. The van der Waals surface area contributed by atoms with Gasteiger partial charge in [-0.25, -0.2) is 4.79 Å². The molecule has 0 saturated heterocycles. The van der Waals surface area contributed by atoms with Gasteiger partial charge < -0.3 is 10.1 Å². The van der Waals surface area contributed by atoms with E-state index < -0.39 is 28.9 Å². The first-order valence-corrected chi connectivity index (χ1v) is 13.7. The lowest BCUT2D eigenvalue weighted by Crippen LogP contribution is -2.37. The van der Waals surface area contributed by atoms with E-state index in [1.807, 2.05) is 0 Å². The Labute approximate surface area is 241 Å². The molecule has 3 aromatic carbocycles. The average Bonchev–Trinajstić information content (AvgIpc) is 3.45. The number of para-hydroxylation sites is 1. The van der Waals surface area contributed by atoms with E-state index in [1.54, 1.807) is 73.7 Å². The van der Waals surface area contributed by atoms with Crippen molar-refractivity contribution in [3.05, 3.63) is 115 Å². The Morgan fingerprint density at radius 2 is 1.64 bits per heavy atom. The molecule has 0 aliphatic carbocycles. The van der Waals surface area contributed by atoms with Crippen molar-refractivity contribution in [2.75, 3.05) is 23.4 Å². The van der Waals surface area contributed by atoms with Gasteiger partial charge in [0.05, 0.1) is 23.4 Å². The van der Waals surface area contributed by atoms with Crippen LogP contribution < -0.4 is 25.9 Å². The predicted molar refractivity (Wildman–Crippen MR) is 156 cm³/mol. The molecule has 0 bridgehead atoms. The molecule has 0 saturated carbocycles. The van der Waals surface area contributed by atoms with E-state index in [0.29, 0.717) is 28.1 Å². The van der Waals surface area contributed by atoms with E-state index in [1.165, 1.54) is 17.0 Å². The third kappa shape index (κ3) is 4.73. The first-order chi connectivity index (χ1) is 20.4. The van der Waals surface area contributed by atoms with Crippen molar-refractivity contribution in [3.8, 4) is 11.3 Å². The summed E-state index contributed by atoms with van der Waals surface area (Å²) in [6.45, 7) is 1.63. The molecule has 1 N–H and O–H groups in total. The molecule has 0 radical (unpaired) electrons. The lowest BCUT2D eigenvalue weighted by molar-refractivity contribution is -0.118. The number of thiazole rings is 1. The van der Waals surface area contributed by atoms with Crippen LogP contribution in [0, 0.1) is 0 Å². The molecule has 208 valence electrons. The van der Waals surface area contributed by atoms with E-state index in [0.717, 1.165) is 15.9 Å². The Balaban J connectivity index is 1.34. The minimum atomic E-state index is -0.592. The molecule has 42 heavy (non-hydrogen) atoms. The van der Waals surface area contributed by atoms with Crippen LogP contribution in [0.25, 0.3) is 21.8 Å². The number of amides is 2. The van der Waals surface area contributed by atoms with E-state index in [9.17, 15) is 24.0 Å². The maximum absolute atomic E-state index is 13.7. The Hall–Kier alpha value is -5.49. The molecule has 5 aromatic rings. The van der Waals surface area contributed by atoms with Crippen molar-refractivity contribution in [2.45, 2.75) is 6.92 Å². The third-order valence-electron chi connectivity index (χ3n) is 6.54. The van der Waals surface area contributed by atoms with Gasteiger partial charge in [0.1, 0.15) is 11.1 Å². The molecule has 0 spiro atoms. The van der Waals surface area contributed by atoms with Crippen LogP contribution in [-0.4, -0.2) is 45.5 Å². The Morgan fingerprint density at radius 3 is 2.38 bits per heavy atom. The van der Waals surface area contributed by atoms with Crippen LogP contribution in [0.3, 0.4) is 0 Å². The van der Waals surface area contributed by atoms with E-state index in [4.69, 9.17) is 4.74 Å². The van der Waals surface area contributed by atoms with Crippen LogP contribution in [0.4, 0.5) is 11.4 Å². The van der Waals surface area contributed by atoms with Gasteiger partial charge >= 0.3 is 11.5 Å². The average molecular weight is 580 g/mol. The molecule has 1 aliphatic rings. The Bertz CT molecular complexity index is 2050. The minimum Gasteiger partial charge on any atom is -0.462 e. The summed E-state index contributed by atoms with van der Waals surface area (Å²) in [4.78, 5) is 70.2. The third-order valence-corrected chi connectivity index (χ3v) is 7.57. The van der Waals surface area contributed by atoms with Crippen LogP contribution in [0.1, 0.15) is 22.8 Å². The van der Waals surface area contributed by atoms with Gasteiger partial charge in [0, 0.05) is 16.8 Å². The number of carbonyl (C=O) groups is 3. The summed E-state index contributed by atoms with van der Waals surface area (Å²) in [7, 11) is 0. The molecular weight excluding hydrogens is 558 g/mol. The Morgan fingerprint density at radius 1 is 0.929 bits per heavy atom. The predicted octanol–water partition coefficient (Wildman–Crippen LogP) is 2.26. The number of esters is 1. The number of nitrogens with one attached hydrogen (secondary N) is 1. The SMILES string of the molecule is CCOC(=O)c1ccc(NC(=O)CN2C(=O)/C(=c3\sc4nc(=O)c(-c5ccccc5)nn4c3=O)c3ccccc32)cc1. The van der Waals surface area contributed by atoms with Gasteiger partial charge in [-0.15, -0.1) is 0 Å². The van der Waals surface area contributed by atoms with E-state index in [-0.39, 0.29) is 33.9 Å². The summed E-state index contributed by atoms with van der Waals surface area (Å²) in [6.07, 6.45) is 0. The number of anilines is 2. The van der Waals surface area contributed by atoms with Crippen LogP contribution in [0.2, 0.25) is 0 Å². The summed E-state index contributed by atoms with van der Waals surface area (Å²) in [5.41, 5.74) is 1.16. The monoisotopic (exact) mass is 579 g/mol. The molecule has 11 nitrogen and oxygen atoms in total. The van der Waals surface area contributed by atoms with Gasteiger partial charge in [0.15, 0.2) is 5.69 Å². The smallest absolute Gasteiger partial charge is 0.338 e. The van der Waals surface area contributed by atoms with Crippen LogP contribution in [0.5, 0.6) is 0 Å². The summed E-state index contributed by atoms with van der Waals surface area (Å²) in [5, 5.41) is 6.99. The van der Waals surface area contributed by atoms with E-state index in [2.05, 4.69) is 15.4 Å². The highest BCUT2D eigenvalue weighted by molar-refractivity contribution is 7.15. The lowest BCUT2D eigenvalue weighted by Gasteiger charge is -2.16. The maximum atomic E-state index is 13.7. The molecule has 0 fully saturated rings. The van der Waals surface area contributed by atoms with Gasteiger partial charge in [0.25, 0.3) is 11.5 Å². The molecule has 12 heteroatoms. The molecule has 6 rings (SSSR count). The van der Waals surface area contributed by atoms with Crippen LogP contribution in [0.15, 0.2) is 88.5 Å². The van der Waals surface area contributed by atoms with E-state index >= 15 is 0 Å². The molecule has 3 heterocycles. The van der Waals surface area contributed by atoms with Crippen molar-refractivity contribution in [1.82, 2.24) is 14.6 Å². The van der Waals surface area contributed by atoms with Crippen molar-refractivity contribution in [3.63, 3.8) is 0 Å². The number of hydrogen-bond donors (Lipinski definition) is 1. The number of rotatable bonds is 6. The molecule has 2 amide bonds. The fraction of sp³-hybridized carbons (Fsp3) is 0.100. The highest BCUT2D eigenvalue weighted by atomic mass is 32.1. The maximum Gasteiger partial charge on any atom is 0.338 e. The summed E-state index contributed by atoms with van der Waals surface area (Å²) < 4.78 is 6.06. The number of hydrogen-bond acceptors (Lipinski definition) is 9. The number of nitrogens with zero attached hydrogens (tertiary/aromatic N) is 4. The van der Waals surface area contributed by atoms with Crippen molar-refractivity contribution >= 4 is 51.0 Å². The molecule has 0 unspecified atom stereocenters. The molecule has 2 aromatic heterocycles. The number of benzene rings is 3. The first kappa shape index (κ1) is 26.7. The zero-order chi connectivity index (χ0) is 29.4. The molecule has 1 aliphatic heterocycles. The summed E-state index contributed by atoms with van der Waals surface area (Å²) in [6, 6.07) is 21.7. The highest BCUT2D eigenvalue weighted by Crippen LogP contribution is 2.35. The second kappa shape index (κ2) is 10.8. The largest absolute Gasteiger partial charge is 0.462 e. The number of ether oxygens (including phenoxy) is 1. The van der Waals surface area contributed by atoms with Gasteiger partial charge in [-0.05, 0) is 37.3 Å². The second-order valence-electron chi connectivity index (χ2n) is 9.19. The standard InChI is InChI=1S/C30H21N5O6S/c1-2-41-29(40)18-12-14-19(15-13-18)31-22(36)16-34-21-11-7-6-10-20(21)23(27(34)38)25-28(39)35-30(42-25)32-26(37)24(33-35)17-8-4-3-5-9-17/h3-15H,2,16H2,1H3,(H,31,36)/b25-23-. The van der Waals surface area contributed by atoms with Crippen molar-refractivity contribution in [2.24, 2.45) is 0 Å². The number of carbonyl (C=O) groups excluding carboxylic acids is 3. The highest BCUT2D eigenvalue weighted by Gasteiger charge is 2.35. The van der Waals surface area contributed by atoms with Gasteiger partial charge in [-0.2, -0.15) is 14.6 Å². The normalized spacial score (nSPS) is 13.7. The molecule has 0 atom stereocenters. The lowest BCUT2D eigenvalue weighted by atomic mass is 10.1. The number of fused-ring (bicyclic) bond motifs is 2. The fourth-order valence-electron chi connectivity index (χ4n) is 4.64. The topological polar surface area (TPSA) is 140 Å². The summed E-state index contributed by atoms with van der Waals surface area (Å²) >= 11 is 0.891.